The summed E-state index contributed by atoms with van der Waals surface area (Å²) in [6, 6.07) is 6.94. The van der Waals surface area contributed by atoms with Gasteiger partial charge in [-0.25, -0.2) is 17.2 Å². The number of hydrogen-bond acceptors (Lipinski definition) is 7. The number of nitrogens with one attached hydrogen (secondary N) is 1. The van der Waals surface area contributed by atoms with Gasteiger partial charge in [0.2, 0.25) is 0 Å². The van der Waals surface area contributed by atoms with Crippen LogP contribution in [0.4, 0.5) is 8.78 Å². The van der Waals surface area contributed by atoms with Crippen molar-refractivity contribution in [1.29, 1.82) is 0 Å². The number of amides is 1. The number of carbonyl (C=O) groups is 2. The standard InChI is InChI=1S/C24H26F2N2O7S/c1-14-10-19-17(23(26)22(14)25)11-20(28(19)2)24(32)27-18(12-30)15-4-6-16(7-5-15)36(33,34)13-21(31)35-9-3-8-29/h4-7,10-11,18,29-30H,3,8-9,12-13H2,1-2H3,(H,27,32). The van der Waals surface area contributed by atoms with E-state index >= 15 is 0 Å². The highest BCUT2D eigenvalue weighted by atomic mass is 32.2. The van der Waals surface area contributed by atoms with Crippen molar-refractivity contribution in [2.75, 3.05) is 25.6 Å². The van der Waals surface area contributed by atoms with E-state index in [0.717, 1.165) is 0 Å². The fourth-order valence-electron chi connectivity index (χ4n) is 3.65. The molecule has 0 aliphatic rings. The molecular weight excluding hydrogens is 498 g/mol. The first kappa shape index (κ1) is 27.2. The highest BCUT2D eigenvalue weighted by Gasteiger charge is 2.24. The van der Waals surface area contributed by atoms with Crippen LogP contribution in [0.1, 0.15) is 34.1 Å². The van der Waals surface area contributed by atoms with E-state index < -0.39 is 51.7 Å². The van der Waals surface area contributed by atoms with Crippen LogP contribution in [0.2, 0.25) is 0 Å². The van der Waals surface area contributed by atoms with Crippen molar-refractivity contribution in [2.45, 2.75) is 24.3 Å². The highest BCUT2D eigenvalue weighted by Crippen LogP contribution is 2.27. The Morgan fingerprint density at radius 3 is 2.39 bits per heavy atom. The van der Waals surface area contributed by atoms with Gasteiger partial charge < -0.3 is 24.8 Å². The Labute approximate surface area is 206 Å². The normalized spacial score (nSPS) is 12.5. The maximum atomic E-state index is 14.4. The third-order valence-corrected chi connectivity index (χ3v) is 7.25. The average molecular weight is 525 g/mol. The van der Waals surface area contributed by atoms with Crippen LogP contribution in [0.15, 0.2) is 41.3 Å². The molecule has 0 fully saturated rings. The summed E-state index contributed by atoms with van der Waals surface area (Å²) in [5, 5.41) is 21.1. The van der Waals surface area contributed by atoms with E-state index in [2.05, 4.69) is 5.32 Å². The fraction of sp³-hybridized carbons (Fsp3) is 0.333. The van der Waals surface area contributed by atoms with Gasteiger partial charge in [-0.15, -0.1) is 0 Å². The van der Waals surface area contributed by atoms with Crippen LogP contribution in [0.3, 0.4) is 0 Å². The number of aryl methyl sites for hydroxylation is 2. The number of nitrogens with zero attached hydrogens (tertiary/aromatic N) is 1. The first-order valence-electron chi connectivity index (χ1n) is 10.9. The van der Waals surface area contributed by atoms with Crippen molar-refractivity contribution < 1.29 is 41.7 Å². The van der Waals surface area contributed by atoms with Gasteiger partial charge in [0.25, 0.3) is 5.91 Å². The van der Waals surface area contributed by atoms with Gasteiger partial charge in [-0.3, -0.25) is 9.59 Å². The van der Waals surface area contributed by atoms with Crippen molar-refractivity contribution in [2.24, 2.45) is 7.05 Å². The molecule has 0 aliphatic heterocycles. The number of sulfone groups is 1. The van der Waals surface area contributed by atoms with Gasteiger partial charge >= 0.3 is 5.97 Å². The van der Waals surface area contributed by atoms with Crippen molar-refractivity contribution >= 4 is 32.6 Å². The van der Waals surface area contributed by atoms with E-state index in [4.69, 9.17) is 9.84 Å². The predicted molar refractivity (Wildman–Crippen MR) is 126 cm³/mol. The van der Waals surface area contributed by atoms with E-state index in [-0.39, 0.29) is 41.2 Å². The molecular formula is C24H26F2N2O7S. The van der Waals surface area contributed by atoms with E-state index in [9.17, 15) is 31.9 Å². The quantitative estimate of drug-likeness (QED) is 0.272. The van der Waals surface area contributed by atoms with Crippen LogP contribution in [0, 0.1) is 18.6 Å². The summed E-state index contributed by atoms with van der Waals surface area (Å²) in [5.41, 5.74) is 0.824. The smallest absolute Gasteiger partial charge is 0.321 e. The number of esters is 1. The Morgan fingerprint density at radius 1 is 1.11 bits per heavy atom. The summed E-state index contributed by atoms with van der Waals surface area (Å²) in [7, 11) is -2.48. The number of aromatic nitrogens is 1. The largest absolute Gasteiger partial charge is 0.465 e. The summed E-state index contributed by atoms with van der Waals surface area (Å²) in [6.45, 7) is 0.594. The third kappa shape index (κ3) is 5.72. The number of halogens is 2. The summed E-state index contributed by atoms with van der Waals surface area (Å²) in [6.07, 6.45) is 0.193. The molecule has 0 spiro atoms. The molecule has 0 aliphatic carbocycles. The molecule has 12 heteroatoms. The molecule has 1 atom stereocenters. The maximum absolute atomic E-state index is 14.4. The van der Waals surface area contributed by atoms with E-state index in [1.807, 2.05) is 0 Å². The molecule has 1 aromatic heterocycles. The molecule has 2 aromatic carbocycles. The molecule has 194 valence electrons. The third-order valence-electron chi connectivity index (χ3n) is 5.64. The molecule has 3 aromatic rings. The summed E-state index contributed by atoms with van der Waals surface area (Å²) >= 11 is 0. The lowest BCUT2D eigenvalue weighted by Crippen LogP contribution is -2.32. The first-order chi connectivity index (χ1) is 17.0. The lowest BCUT2D eigenvalue weighted by Gasteiger charge is -2.17. The van der Waals surface area contributed by atoms with Gasteiger partial charge in [-0.05, 0) is 42.3 Å². The average Bonchev–Trinajstić information content (AvgIpc) is 3.17. The number of fused-ring (bicyclic) bond motifs is 1. The SMILES string of the molecule is Cc1cc2c(cc(C(=O)NC(CO)c3ccc(S(=O)(=O)CC(=O)OCCCO)cc3)n2C)c(F)c1F. The molecule has 1 amide bonds. The van der Waals surface area contributed by atoms with Crippen LogP contribution in [0.5, 0.6) is 0 Å². The Balaban J connectivity index is 1.77. The van der Waals surface area contributed by atoms with Gasteiger partial charge in [0.05, 0.1) is 29.7 Å². The van der Waals surface area contributed by atoms with Gasteiger partial charge in [0.15, 0.2) is 27.2 Å². The zero-order chi connectivity index (χ0) is 26.6. The monoisotopic (exact) mass is 524 g/mol. The zero-order valence-electron chi connectivity index (χ0n) is 19.6. The van der Waals surface area contributed by atoms with Gasteiger partial charge in [-0.1, -0.05) is 12.1 Å². The zero-order valence-corrected chi connectivity index (χ0v) is 20.4. The van der Waals surface area contributed by atoms with Crippen molar-refractivity contribution in [1.82, 2.24) is 9.88 Å². The summed E-state index contributed by atoms with van der Waals surface area (Å²) in [5.74, 6) is -4.55. The lowest BCUT2D eigenvalue weighted by molar-refractivity contribution is -0.140. The molecule has 0 saturated carbocycles. The van der Waals surface area contributed by atoms with E-state index in [1.54, 1.807) is 0 Å². The molecule has 0 radical (unpaired) electrons. The van der Waals surface area contributed by atoms with Crippen LogP contribution in [0.25, 0.3) is 10.9 Å². The number of carbonyl (C=O) groups excluding carboxylic acids is 2. The number of rotatable bonds is 10. The lowest BCUT2D eigenvalue weighted by atomic mass is 10.1. The molecule has 3 N–H and O–H groups in total. The molecule has 0 bridgehead atoms. The molecule has 9 nitrogen and oxygen atoms in total. The molecule has 3 rings (SSSR count). The molecule has 36 heavy (non-hydrogen) atoms. The van der Waals surface area contributed by atoms with Crippen molar-refractivity contribution in [3.63, 3.8) is 0 Å². The Bertz CT molecular complexity index is 1390. The molecule has 0 saturated heterocycles. The van der Waals surface area contributed by atoms with Crippen LogP contribution >= 0.6 is 0 Å². The Kier molecular flexibility index (Phi) is 8.43. The second-order valence-corrected chi connectivity index (χ2v) is 10.2. The minimum absolute atomic E-state index is 0.0336. The highest BCUT2D eigenvalue weighted by molar-refractivity contribution is 7.92. The minimum Gasteiger partial charge on any atom is -0.465 e. The van der Waals surface area contributed by atoms with Crippen LogP contribution in [-0.4, -0.2) is 60.6 Å². The van der Waals surface area contributed by atoms with Crippen LogP contribution in [-0.2, 0) is 26.4 Å². The van der Waals surface area contributed by atoms with Gasteiger partial charge in [0, 0.05) is 25.5 Å². The van der Waals surface area contributed by atoms with Gasteiger partial charge in [-0.2, -0.15) is 0 Å². The van der Waals surface area contributed by atoms with E-state index in [0.29, 0.717) is 11.1 Å². The fourth-order valence-corrected chi connectivity index (χ4v) is 4.76. The number of hydrogen-bond donors (Lipinski definition) is 3. The van der Waals surface area contributed by atoms with Crippen LogP contribution < -0.4 is 5.32 Å². The second kappa shape index (κ2) is 11.1. The number of aliphatic hydroxyl groups is 2. The number of ether oxygens (including phenoxy) is 1. The number of benzene rings is 2. The topological polar surface area (TPSA) is 135 Å². The summed E-state index contributed by atoms with van der Waals surface area (Å²) in [4.78, 5) is 24.5. The number of aliphatic hydroxyl groups excluding tert-OH is 2. The van der Waals surface area contributed by atoms with Crippen molar-refractivity contribution in [3.8, 4) is 0 Å². The van der Waals surface area contributed by atoms with E-state index in [1.165, 1.54) is 54.9 Å². The molecule has 1 unspecified atom stereocenters. The first-order valence-corrected chi connectivity index (χ1v) is 12.6. The predicted octanol–water partition coefficient (Wildman–Crippen LogP) is 1.93. The Morgan fingerprint density at radius 2 is 1.78 bits per heavy atom. The summed E-state index contributed by atoms with van der Waals surface area (Å²) < 4.78 is 59.4. The van der Waals surface area contributed by atoms with Gasteiger partial charge in [0.1, 0.15) is 5.69 Å². The maximum Gasteiger partial charge on any atom is 0.321 e. The van der Waals surface area contributed by atoms with Crippen molar-refractivity contribution in [3.05, 3.63) is 64.9 Å². The minimum atomic E-state index is -4.00. The Hall–Kier alpha value is -3.35. The molecule has 1 heterocycles. The second-order valence-electron chi connectivity index (χ2n) is 8.18.